The number of rotatable bonds is 2. The van der Waals surface area contributed by atoms with Crippen molar-refractivity contribution in [2.24, 2.45) is 5.92 Å². The molecule has 0 radical (unpaired) electrons. The molecule has 2 atom stereocenters. The van der Waals surface area contributed by atoms with Gasteiger partial charge in [-0.3, -0.25) is 0 Å². The van der Waals surface area contributed by atoms with E-state index in [1.54, 1.807) is 0 Å². The van der Waals surface area contributed by atoms with E-state index in [9.17, 15) is 4.79 Å². The molecule has 1 aliphatic rings. The molecule has 10 heavy (non-hydrogen) atoms. The largest absolute Gasteiger partial charge is 0.479 e. The SMILES string of the molecule is CC[C@@H]1CCO[C@H]1C(=O)O. The van der Waals surface area contributed by atoms with Crippen LogP contribution in [0.5, 0.6) is 0 Å². The van der Waals surface area contributed by atoms with E-state index in [0.29, 0.717) is 6.61 Å². The van der Waals surface area contributed by atoms with Crippen LogP contribution in [0.3, 0.4) is 0 Å². The third-order valence-corrected chi connectivity index (χ3v) is 1.98. The fraction of sp³-hybridized carbons (Fsp3) is 0.857. The molecule has 1 N–H and O–H groups in total. The second kappa shape index (κ2) is 3.01. The molecule has 0 aliphatic carbocycles. The summed E-state index contributed by atoms with van der Waals surface area (Å²) in [6.07, 6.45) is 1.26. The van der Waals surface area contributed by atoms with Gasteiger partial charge in [0.25, 0.3) is 0 Å². The van der Waals surface area contributed by atoms with E-state index in [-0.39, 0.29) is 5.92 Å². The Morgan fingerprint density at radius 3 is 2.90 bits per heavy atom. The van der Waals surface area contributed by atoms with Gasteiger partial charge in [0.2, 0.25) is 0 Å². The second-order valence-corrected chi connectivity index (χ2v) is 2.59. The van der Waals surface area contributed by atoms with Gasteiger partial charge < -0.3 is 9.84 Å². The van der Waals surface area contributed by atoms with Gasteiger partial charge in [0.1, 0.15) is 0 Å². The molecule has 1 rings (SSSR count). The number of hydrogen-bond donors (Lipinski definition) is 1. The van der Waals surface area contributed by atoms with Crippen molar-refractivity contribution in [2.45, 2.75) is 25.9 Å². The van der Waals surface area contributed by atoms with E-state index < -0.39 is 12.1 Å². The van der Waals surface area contributed by atoms with Crippen LogP contribution in [0.1, 0.15) is 19.8 Å². The summed E-state index contributed by atoms with van der Waals surface area (Å²) in [5.41, 5.74) is 0. The molecule has 3 nitrogen and oxygen atoms in total. The number of ether oxygens (including phenoxy) is 1. The third kappa shape index (κ3) is 1.29. The number of carboxylic acid groups (broad SMARTS) is 1. The Bertz CT molecular complexity index is 133. The first-order valence-corrected chi connectivity index (χ1v) is 3.60. The van der Waals surface area contributed by atoms with E-state index in [2.05, 4.69) is 0 Å². The molecule has 3 heteroatoms. The minimum atomic E-state index is -0.815. The molecular weight excluding hydrogens is 132 g/mol. The molecule has 0 aromatic carbocycles. The van der Waals surface area contributed by atoms with Crippen LogP contribution in [0.4, 0.5) is 0 Å². The Labute approximate surface area is 60.0 Å². The van der Waals surface area contributed by atoms with Crippen molar-refractivity contribution in [3.05, 3.63) is 0 Å². The van der Waals surface area contributed by atoms with Crippen molar-refractivity contribution in [3.8, 4) is 0 Å². The van der Waals surface area contributed by atoms with Gasteiger partial charge in [-0.15, -0.1) is 0 Å². The molecule has 1 heterocycles. The maximum absolute atomic E-state index is 10.4. The van der Waals surface area contributed by atoms with Gasteiger partial charge in [-0.05, 0) is 12.3 Å². The predicted octanol–water partition coefficient (Wildman–Crippen LogP) is 0.886. The van der Waals surface area contributed by atoms with Crippen molar-refractivity contribution in [3.63, 3.8) is 0 Å². The highest BCUT2D eigenvalue weighted by molar-refractivity contribution is 5.73. The number of hydrogen-bond acceptors (Lipinski definition) is 2. The zero-order valence-corrected chi connectivity index (χ0v) is 6.04. The lowest BCUT2D eigenvalue weighted by Crippen LogP contribution is -2.25. The molecule has 0 aromatic heterocycles. The Kier molecular flexibility index (Phi) is 2.27. The smallest absolute Gasteiger partial charge is 0.333 e. The normalized spacial score (nSPS) is 32.5. The van der Waals surface area contributed by atoms with E-state index in [4.69, 9.17) is 9.84 Å². The number of carboxylic acids is 1. The van der Waals surface area contributed by atoms with E-state index in [1.807, 2.05) is 6.92 Å². The van der Waals surface area contributed by atoms with E-state index in [0.717, 1.165) is 12.8 Å². The maximum Gasteiger partial charge on any atom is 0.333 e. The summed E-state index contributed by atoms with van der Waals surface area (Å²) in [6, 6.07) is 0. The van der Waals surface area contributed by atoms with Crippen LogP contribution < -0.4 is 0 Å². The summed E-state index contributed by atoms with van der Waals surface area (Å²) in [7, 11) is 0. The minimum absolute atomic E-state index is 0.234. The van der Waals surface area contributed by atoms with Crippen molar-refractivity contribution in [1.29, 1.82) is 0 Å². The van der Waals surface area contributed by atoms with Crippen LogP contribution in [-0.2, 0) is 9.53 Å². The van der Waals surface area contributed by atoms with Crippen molar-refractivity contribution in [1.82, 2.24) is 0 Å². The molecule has 1 fully saturated rings. The first-order valence-electron chi connectivity index (χ1n) is 3.60. The maximum atomic E-state index is 10.4. The summed E-state index contributed by atoms with van der Waals surface area (Å²) in [5.74, 6) is -0.582. The first-order chi connectivity index (χ1) is 4.75. The Balaban J connectivity index is 2.50. The van der Waals surface area contributed by atoms with Crippen LogP contribution in [0, 0.1) is 5.92 Å². The molecule has 58 valence electrons. The van der Waals surface area contributed by atoms with Gasteiger partial charge in [0.05, 0.1) is 0 Å². The Morgan fingerprint density at radius 1 is 1.80 bits per heavy atom. The lowest BCUT2D eigenvalue weighted by atomic mass is 9.99. The summed E-state index contributed by atoms with van der Waals surface area (Å²) < 4.78 is 5.02. The standard InChI is InChI=1S/C7H12O3/c1-2-5-3-4-10-6(5)7(8)9/h5-6H,2-4H2,1H3,(H,8,9)/t5-,6-/m1/s1. The average Bonchev–Trinajstić information content (AvgIpc) is 2.33. The second-order valence-electron chi connectivity index (χ2n) is 2.59. The molecule has 1 saturated heterocycles. The van der Waals surface area contributed by atoms with Gasteiger partial charge in [0.15, 0.2) is 6.10 Å². The molecule has 0 aromatic rings. The zero-order valence-electron chi connectivity index (χ0n) is 6.04. The highest BCUT2D eigenvalue weighted by atomic mass is 16.5. The Hall–Kier alpha value is -0.570. The lowest BCUT2D eigenvalue weighted by molar-refractivity contribution is -0.149. The topological polar surface area (TPSA) is 46.5 Å². The fourth-order valence-corrected chi connectivity index (χ4v) is 1.32. The predicted molar refractivity (Wildman–Crippen MR) is 35.8 cm³/mol. The van der Waals surface area contributed by atoms with Crippen LogP contribution in [0.15, 0.2) is 0 Å². The number of aliphatic carboxylic acids is 1. The molecule has 0 unspecified atom stereocenters. The van der Waals surface area contributed by atoms with E-state index in [1.165, 1.54) is 0 Å². The average molecular weight is 144 g/mol. The van der Waals surface area contributed by atoms with Gasteiger partial charge in [-0.1, -0.05) is 13.3 Å². The van der Waals surface area contributed by atoms with Crippen molar-refractivity contribution < 1.29 is 14.6 Å². The molecule has 1 aliphatic heterocycles. The van der Waals surface area contributed by atoms with Gasteiger partial charge in [-0.25, -0.2) is 4.79 Å². The molecule has 0 saturated carbocycles. The van der Waals surface area contributed by atoms with Crippen molar-refractivity contribution in [2.75, 3.05) is 6.61 Å². The zero-order chi connectivity index (χ0) is 7.56. The van der Waals surface area contributed by atoms with Gasteiger partial charge in [-0.2, -0.15) is 0 Å². The summed E-state index contributed by atoms with van der Waals surface area (Å²) >= 11 is 0. The highest BCUT2D eigenvalue weighted by Gasteiger charge is 2.32. The minimum Gasteiger partial charge on any atom is -0.479 e. The summed E-state index contributed by atoms with van der Waals surface area (Å²) in [5, 5.41) is 8.59. The van der Waals surface area contributed by atoms with Crippen LogP contribution in [-0.4, -0.2) is 23.8 Å². The monoisotopic (exact) mass is 144 g/mol. The molecule has 0 amide bonds. The van der Waals surface area contributed by atoms with E-state index >= 15 is 0 Å². The summed E-state index contributed by atoms with van der Waals surface area (Å²) in [4.78, 5) is 10.4. The first kappa shape index (κ1) is 7.54. The van der Waals surface area contributed by atoms with Gasteiger partial charge in [0, 0.05) is 6.61 Å². The molecule has 0 bridgehead atoms. The number of carbonyl (C=O) groups is 1. The fourth-order valence-electron chi connectivity index (χ4n) is 1.32. The molecule has 0 spiro atoms. The lowest BCUT2D eigenvalue weighted by Gasteiger charge is -2.10. The highest BCUT2D eigenvalue weighted by Crippen LogP contribution is 2.23. The van der Waals surface area contributed by atoms with Crippen LogP contribution in [0.25, 0.3) is 0 Å². The Morgan fingerprint density at radius 2 is 2.50 bits per heavy atom. The summed E-state index contributed by atoms with van der Waals surface area (Å²) in [6.45, 7) is 2.60. The third-order valence-electron chi connectivity index (χ3n) is 1.98. The van der Waals surface area contributed by atoms with Gasteiger partial charge >= 0.3 is 5.97 Å². The molecular formula is C7H12O3. The quantitative estimate of drug-likeness (QED) is 0.626. The van der Waals surface area contributed by atoms with Crippen molar-refractivity contribution >= 4 is 5.97 Å². The van der Waals surface area contributed by atoms with Crippen LogP contribution >= 0.6 is 0 Å². The van der Waals surface area contributed by atoms with Crippen LogP contribution in [0.2, 0.25) is 0 Å².